The molecule has 0 spiro atoms. The van der Waals surface area contributed by atoms with Gasteiger partial charge in [-0.25, -0.2) is 14.4 Å². The van der Waals surface area contributed by atoms with Crippen molar-refractivity contribution in [2.75, 3.05) is 0 Å². The third kappa shape index (κ3) is 4.51. The van der Waals surface area contributed by atoms with E-state index in [1.165, 1.54) is 6.92 Å². The van der Waals surface area contributed by atoms with Crippen LogP contribution >= 0.6 is 0 Å². The van der Waals surface area contributed by atoms with Gasteiger partial charge in [-0.1, -0.05) is 30.3 Å². The lowest BCUT2D eigenvalue weighted by atomic mass is 10.0. The largest absolute Gasteiger partial charge is 0.445 e. The Morgan fingerprint density at radius 1 is 1.00 bits per heavy atom. The Bertz CT molecular complexity index is 1150. The van der Waals surface area contributed by atoms with Gasteiger partial charge in [0.05, 0.1) is 0 Å². The van der Waals surface area contributed by atoms with Crippen molar-refractivity contribution in [2.45, 2.75) is 40.3 Å². The molecule has 1 heterocycles. The molecule has 156 valence electrons. The lowest BCUT2D eigenvalue weighted by Crippen LogP contribution is -2.41. The molecule has 0 bridgehead atoms. The van der Waals surface area contributed by atoms with Crippen molar-refractivity contribution in [1.29, 1.82) is 0 Å². The fourth-order valence-corrected chi connectivity index (χ4v) is 2.93. The second-order valence-electron chi connectivity index (χ2n) is 7.05. The summed E-state index contributed by atoms with van der Waals surface area (Å²) in [6, 6.07) is 11.6. The Morgan fingerprint density at radius 3 is 2.40 bits per heavy atom. The van der Waals surface area contributed by atoms with Crippen LogP contribution in [-0.2, 0) is 16.1 Å². The second kappa shape index (κ2) is 8.82. The van der Waals surface area contributed by atoms with Crippen LogP contribution < -0.4 is 15.7 Å². The van der Waals surface area contributed by atoms with Crippen LogP contribution in [0.15, 0.2) is 51.7 Å². The maximum atomic E-state index is 12.4. The zero-order chi connectivity index (χ0) is 21.8. The first kappa shape index (κ1) is 21.1. The lowest BCUT2D eigenvalue weighted by Gasteiger charge is -2.15. The van der Waals surface area contributed by atoms with Gasteiger partial charge in [0.2, 0.25) is 0 Å². The van der Waals surface area contributed by atoms with E-state index in [0.29, 0.717) is 16.7 Å². The van der Waals surface area contributed by atoms with E-state index in [-0.39, 0.29) is 12.4 Å². The molecule has 1 aromatic heterocycles. The summed E-state index contributed by atoms with van der Waals surface area (Å²) < 4.78 is 15.9. The smallest absolute Gasteiger partial charge is 0.408 e. The number of carbonyl (C=O) groups is 2. The van der Waals surface area contributed by atoms with Crippen LogP contribution in [0.3, 0.4) is 0 Å². The number of benzene rings is 2. The zero-order valence-electron chi connectivity index (χ0n) is 17.3. The molecule has 2 aromatic carbocycles. The summed E-state index contributed by atoms with van der Waals surface area (Å²) in [6.07, 6.45) is -0.726. The van der Waals surface area contributed by atoms with Crippen LogP contribution in [0.5, 0.6) is 5.75 Å². The predicted octanol–water partition coefficient (Wildman–Crippen LogP) is 3.94. The molecule has 0 saturated heterocycles. The summed E-state index contributed by atoms with van der Waals surface area (Å²) >= 11 is 0. The summed E-state index contributed by atoms with van der Waals surface area (Å²) in [5.41, 5.74) is 2.66. The van der Waals surface area contributed by atoms with E-state index in [9.17, 15) is 14.4 Å². The van der Waals surface area contributed by atoms with Crippen molar-refractivity contribution in [3.8, 4) is 5.75 Å². The molecule has 7 nitrogen and oxygen atoms in total. The summed E-state index contributed by atoms with van der Waals surface area (Å²) in [5, 5.41) is 3.22. The molecule has 0 radical (unpaired) electrons. The molecule has 1 N–H and O–H groups in total. The van der Waals surface area contributed by atoms with Gasteiger partial charge in [-0.15, -0.1) is 0 Å². The third-order valence-corrected chi connectivity index (χ3v) is 4.93. The molecule has 0 saturated carbocycles. The molecule has 3 rings (SSSR count). The number of esters is 1. The van der Waals surface area contributed by atoms with E-state index in [1.807, 2.05) is 37.3 Å². The molecule has 0 aliphatic rings. The number of nitrogens with one attached hydrogen (secondary N) is 1. The first-order valence-corrected chi connectivity index (χ1v) is 9.50. The highest BCUT2D eigenvalue weighted by atomic mass is 16.6. The molecule has 1 amide bonds. The van der Waals surface area contributed by atoms with Crippen LogP contribution in [0.4, 0.5) is 4.79 Å². The molecule has 0 aliphatic heterocycles. The van der Waals surface area contributed by atoms with E-state index in [2.05, 4.69) is 5.32 Å². The number of carbonyl (C=O) groups excluding carboxylic acids is 2. The van der Waals surface area contributed by atoms with Crippen molar-refractivity contribution in [2.24, 2.45) is 0 Å². The highest BCUT2D eigenvalue weighted by molar-refractivity contribution is 5.88. The van der Waals surface area contributed by atoms with Crippen molar-refractivity contribution in [1.82, 2.24) is 5.32 Å². The molecular formula is C23H23NO6. The van der Waals surface area contributed by atoms with Gasteiger partial charge in [0.15, 0.2) is 0 Å². The van der Waals surface area contributed by atoms with Gasteiger partial charge in [-0.2, -0.15) is 0 Å². The molecular weight excluding hydrogens is 386 g/mol. The van der Waals surface area contributed by atoms with E-state index in [0.717, 1.165) is 16.5 Å². The Balaban J connectivity index is 1.67. The molecule has 0 aliphatic carbocycles. The lowest BCUT2D eigenvalue weighted by molar-refractivity contribution is -0.136. The van der Waals surface area contributed by atoms with Gasteiger partial charge < -0.3 is 19.2 Å². The number of alkyl carbamates (subject to hydrolysis) is 1. The Kier molecular flexibility index (Phi) is 6.20. The summed E-state index contributed by atoms with van der Waals surface area (Å²) in [6.45, 7) is 6.84. The van der Waals surface area contributed by atoms with Crippen LogP contribution in [-0.4, -0.2) is 18.1 Å². The number of amides is 1. The molecule has 0 fully saturated rings. The average molecular weight is 409 g/mol. The number of fused-ring (bicyclic) bond motifs is 1. The minimum atomic E-state index is -0.935. The van der Waals surface area contributed by atoms with Gasteiger partial charge in [0.1, 0.15) is 24.0 Å². The van der Waals surface area contributed by atoms with E-state index in [1.54, 1.807) is 26.0 Å². The van der Waals surface area contributed by atoms with Gasteiger partial charge in [-0.05, 0) is 51.0 Å². The normalized spacial score (nSPS) is 11.7. The maximum Gasteiger partial charge on any atom is 0.408 e. The van der Waals surface area contributed by atoms with Crippen molar-refractivity contribution in [3.05, 3.63) is 75.1 Å². The fourth-order valence-electron chi connectivity index (χ4n) is 2.93. The molecule has 3 aromatic rings. The van der Waals surface area contributed by atoms with E-state index < -0.39 is 23.7 Å². The summed E-state index contributed by atoms with van der Waals surface area (Å²) in [7, 11) is 0. The molecule has 7 heteroatoms. The topological polar surface area (TPSA) is 94.8 Å². The van der Waals surface area contributed by atoms with Crippen LogP contribution in [0.2, 0.25) is 0 Å². The van der Waals surface area contributed by atoms with Gasteiger partial charge in [0.25, 0.3) is 0 Å². The number of aryl methyl sites for hydroxylation is 2. The molecule has 30 heavy (non-hydrogen) atoms. The Labute approximate surface area is 173 Å². The van der Waals surface area contributed by atoms with Crippen molar-refractivity contribution in [3.63, 3.8) is 0 Å². The van der Waals surface area contributed by atoms with Gasteiger partial charge >= 0.3 is 17.7 Å². The van der Waals surface area contributed by atoms with Crippen molar-refractivity contribution < 1.29 is 23.5 Å². The van der Waals surface area contributed by atoms with Crippen LogP contribution in [0.25, 0.3) is 11.0 Å². The maximum absolute atomic E-state index is 12.4. The summed E-state index contributed by atoms with van der Waals surface area (Å²) in [5.74, 6) is -0.412. The highest BCUT2D eigenvalue weighted by Crippen LogP contribution is 2.29. The SMILES string of the molecule is Cc1c(C)c2ccc(OC(=O)[C@H](C)NC(=O)OCc3ccccc3)c(C)c2oc1=O. The molecule has 1 atom stereocenters. The van der Waals surface area contributed by atoms with Gasteiger partial charge in [-0.3, -0.25) is 0 Å². The van der Waals surface area contributed by atoms with Crippen molar-refractivity contribution >= 4 is 23.0 Å². The standard InChI is InChI=1S/C23H23NO6/c1-13-14(2)21(25)30-20-15(3)19(11-10-18(13)20)29-22(26)16(4)24-23(27)28-12-17-8-6-5-7-9-17/h5-11,16H,12H2,1-4H3,(H,24,27)/t16-/m0/s1. The Hall–Kier alpha value is -3.61. The Morgan fingerprint density at radius 2 is 1.70 bits per heavy atom. The first-order chi connectivity index (χ1) is 14.3. The summed E-state index contributed by atoms with van der Waals surface area (Å²) in [4.78, 5) is 36.4. The number of rotatable bonds is 5. The highest BCUT2D eigenvalue weighted by Gasteiger charge is 2.21. The number of hydrogen-bond acceptors (Lipinski definition) is 6. The van der Waals surface area contributed by atoms with Gasteiger partial charge in [0, 0.05) is 16.5 Å². The van der Waals surface area contributed by atoms with Crippen LogP contribution in [0.1, 0.15) is 29.2 Å². The third-order valence-electron chi connectivity index (χ3n) is 4.93. The van der Waals surface area contributed by atoms with E-state index in [4.69, 9.17) is 13.9 Å². The van der Waals surface area contributed by atoms with Crippen LogP contribution in [0, 0.1) is 20.8 Å². The first-order valence-electron chi connectivity index (χ1n) is 9.50. The predicted molar refractivity (Wildman–Crippen MR) is 112 cm³/mol. The van der Waals surface area contributed by atoms with E-state index >= 15 is 0 Å². The fraction of sp³-hybridized carbons (Fsp3) is 0.261. The number of hydrogen-bond donors (Lipinski definition) is 1. The molecule has 0 unspecified atom stereocenters. The zero-order valence-corrected chi connectivity index (χ0v) is 17.3. The minimum absolute atomic E-state index is 0.0933. The average Bonchev–Trinajstić information content (AvgIpc) is 2.73. The number of ether oxygens (including phenoxy) is 2. The monoisotopic (exact) mass is 409 g/mol. The quantitative estimate of drug-likeness (QED) is 0.390. The second-order valence-corrected chi connectivity index (χ2v) is 7.05. The minimum Gasteiger partial charge on any atom is -0.445 e.